The average Bonchev–Trinajstić information content (AvgIpc) is 2.83. The van der Waals surface area contributed by atoms with E-state index < -0.39 is 16.0 Å². The summed E-state index contributed by atoms with van der Waals surface area (Å²) in [6, 6.07) is 8.52. The summed E-state index contributed by atoms with van der Waals surface area (Å²) in [5.41, 5.74) is 0.531. The molecule has 2 aromatic rings. The van der Waals surface area contributed by atoms with Crippen molar-refractivity contribution >= 4 is 33.3 Å². The molecule has 0 bridgehead atoms. The monoisotopic (exact) mass is 492 g/mol. The number of hydrogen-bond donors (Lipinski definition) is 2. The summed E-state index contributed by atoms with van der Waals surface area (Å²) >= 11 is 0. The lowest BCUT2D eigenvalue weighted by Gasteiger charge is -2.33. The van der Waals surface area contributed by atoms with Gasteiger partial charge >= 0.3 is 11.9 Å². The van der Waals surface area contributed by atoms with E-state index in [1.54, 1.807) is 13.0 Å². The predicted molar refractivity (Wildman–Crippen MR) is 125 cm³/mol. The second-order valence-corrected chi connectivity index (χ2v) is 9.36. The first-order valence-corrected chi connectivity index (χ1v) is 12.2. The van der Waals surface area contributed by atoms with Gasteiger partial charge in [-0.15, -0.1) is 0 Å². The molecule has 0 amide bonds. The molecule has 10 nitrogen and oxygen atoms in total. The van der Waals surface area contributed by atoms with E-state index in [9.17, 15) is 23.1 Å². The van der Waals surface area contributed by atoms with Crippen LogP contribution in [0.15, 0.2) is 41.3 Å². The minimum Gasteiger partial charge on any atom is -0.493 e. The topological polar surface area (TPSA) is 131 Å². The second kappa shape index (κ2) is 10.6. The van der Waals surface area contributed by atoms with Gasteiger partial charge in [-0.2, -0.15) is 0 Å². The van der Waals surface area contributed by atoms with Crippen molar-refractivity contribution in [2.75, 3.05) is 43.5 Å². The summed E-state index contributed by atoms with van der Waals surface area (Å²) in [7, 11) is -1.18. The molecule has 0 aromatic heterocycles. The van der Waals surface area contributed by atoms with E-state index in [4.69, 9.17) is 14.2 Å². The third-order valence-electron chi connectivity index (χ3n) is 5.60. The van der Waals surface area contributed by atoms with Gasteiger partial charge in [0.2, 0.25) is 0 Å². The molecular weight excluding hydrogens is 464 g/mol. The van der Waals surface area contributed by atoms with Gasteiger partial charge in [0.05, 0.1) is 42.9 Å². The Kier molecular flexibility index (Phi) is 7.87. The van der Waals surface area contributed by atoms with Crippen molar-refractivity contribution in [1.82, 2.24) is 0 Å². The van der Waals surface area contributed by atoms with E-state index in [1.165, 1.54) is 44.6 Å². The Morgan fingerprint density at radius 2 is 1.74 bits per heavy atom. The van der Waals surface area contributed by atoms with Gasteiger partial charge < -0.3 is 24.2 Å². The molecule has 0 aliphatic carbocycles. The zero-order valence-corrected chi connectivity index (χ0v) is 20.1. The highest BCUT2D eigenvalue weighted by Gasteiger charge is 2.28. The van der Waals surface area contributed by atoms with Gasteiger partial charge in [-0.3, -0.25) is 9.52 Å². The Bertz CT molecular complexity index is 1160. The lowest BCUT2D eigenvalue weighted by molar-refractivity contribution is -0.148. The zero-order chi connectivity index (χ0) is 24.9. The molecule has 0 saturated carbocycles. The molecule has 1 aliphatic heterocycles. The summed E-state index contributed by atoms with van der Waals surface area (Å²) < 4.78 is 43.6. The van der Waals surface area contributed by atoms with E-state index >= 15 is 0 Å². The van der Waals surface area contributed by atoms with Crippen molar-refractivity contribution < 1.29 is 37.3 Å². The number of benzene rings is 2. The van der Waals surface area contributed by atoms with Gasteiger partial charge in [0.25, 0.3) is 10.0 Å². The van der Waals surface area contributed by atoms with Crippen LogP contribution in [-0.2, 0) is 19.6 Å². The molecule has 0 unspecified atom stereocenters. The molecule has 1 fully saturated rings. The van der Waals surface area contributed by atoms with E-state index in [2.05, 4.69) is 4.72 Å². The summed E-state index contributed by atoms with van der Waals surface area (Å²) in [5.74, 6) is -1.00. The number of ether oxygens (including phenoxy) is 3. The molecule has 0 radical (unpaired) electrons. The number of sulfonamides is 1. The molecule has 1 aliphatic rings. The number of anilines is 2. The Morgan fingerprint density at radius 1 is 1.06 bits per heavy atom. The van der Waals surface area contributed by atoms with Gasteiger partial charge in [-0.25, -0.2) is 13.2 Å². The second-order valence-electron chi connectivity index (χ2n) is 7.67. The van der Waals surface area contributed by atoms with Crippen LogP contribution >= 0.6 is 0 Å². The summed E-state index contributed by atoms with van der Waals surface area (Å²) in [5, 5.41) is 9.76. The summed E-state index contributed by atoms with van der Waals surface area (Å²) in [6.07, 6.45) is 1.09. The van der Waals surface area contributed by atoms with Crippen molar-refractivity contribution in [3.8, 4) is 11.5 Å². The average molecular weight is 493 g/mol. The standard InChI is InChI=1S/C23H28N2O8S/c1-4-33-23(28)15-9-11-25(12-10-15)19-7-5-16(13-18(19)22(26)27)24-34(29,30)17-6-8-20(31-2)21(14-17)32-3/h5-8,13-15,24H,4,9-12H2,1-3H3,(H,26,27). The van der Waals surface area contributed by atoms with Crippen molar-refractivity contribution in [3.63, 3.8) is 0 Å². The number of hydrogen-bond acceptors (Lipinski definition) is 8. The van der Waals surface area contributed by atoms with Crippen molar-refractivity contribution in [2.24, 2.45) is 5.92 Å². The van der Waals surface area contributed by atoms with Gasteiger partial charge in [0.1, 0.15) is 0 Å². The minimum absolute atomic E-state index is 0.0397. The highest BCUT2D eigenvalue weighted by Crippen LogP contribution is 2.32. The Morgan fingerprint density at radius 3 is 2.32 bits per heavy atom. The lowest BCUT2D eigenvalue weighted by atomic mass is 9.96. The van der Waals surface area contributed by atoms with Crippen LogP contribution in [0, 0.1) is 5.92 Å². The minimum atomic E-state index is -4.02. The Hall–Kier alpha value is -3.47. The Labute approximate surface area is 198 Å². The molecule has 2 aromatic carbocycles. The van der Waals surface area contributed by atoms with E-state index in [0.717, 1.165) is 0 Å². The fraction of sp³-hybridized carbons (Fsp3) is 0.391. The third kappa shape index (κ3) is 5.53. The van der Waals surface area contributed by atoms with Crippen LogP contribution in [0.3, 0.4) is 0 Å². The number of nitrogens with zero attached hydrogens (tertiary/aromatic N) is 1. The van der Waals surface area contributed by atoms with Crippen LogP contribution in [0.25, 0.3) is 0 Å². The number of carboxylic acids is 1. The SMILES string of the molecule is CCOC(=O)C1CCN(c2ccc(NS(=O)(=O)c3ccc(OC)c(OC)c3)cc2C(=O)O)CC1. The van der Waals surface area contributed by atoms with Crippen LogP contribution in [0.5, 0.6) is 11.5 Å². The number of carbonyl (C=O) groups is 2. The van der Waals surface area contributed by atoms with Gasteiger partial charge in [-0.05, 0) is 50.1 Å². The zero-order valence-electron chi connectivity index (χ0n) is 19.2. The van der Waals surface area contributed by atoms with Crippen LogP contribution in [0.1, 0.15) is 30.1 Å². The molecule has 0 atom stereocenters. The fourth-order valence-electron chi connectivity index (χ4n) is 3.86. The van der Waals surface area contributed by atoms with Crippen molar-refractivity contribution in [3.05, 3.63) is 42.0 Å². The first-order valence-electron chi connectivity index (χ1n) is 10.7. The first-order chi connectivity index (χ1) is 16.2. The normalized spacial score (nSPS) is 14.4. The molecule has 1 heterocycles. The molecular formula is C23H28N2O8S. The van der Waals surface area contributed by atoms with Crippen LogP contribution in [-0.4, -0.2) is 59.4 Å². The number of nitrogens with one attached hydrogen (secondary N) is 1. The van der Waals surface area contributed by atoms with Crippen molar-refractivity contribution in [1.29, 1.82) is 0 Å². The molecule has 0 spiro atoms. The third-order valence-corrected chi connectivity index (χ3v) is 6.98. The maximum Gasteiger partial charge on any atom is 0.337 e. The van der Waals surface area contributed by atoms with Gasteiger partial charge in [0, 0.05) is 24.8 Å². The number of aromatic carboxylic acids is 1. The number of esters is 1. The number of rotatable bonds is 9. The largest absolute Gasteiger partial charge is 0.493 e. The smallest absolute Gasteiger partial charge is 0.337 e. The molecule has 11 heteroatoms. The number of piperidine rings is 1. The van der Waals surface area contributed by atoms with Crippen LogP contribution < -0.4 is 19.1 Å². The Balaban J connectivity index is 1.81. The van der Waals surface area contributed by atoms with E-state index in [-0.39, 0.29) is 33.8 Å². The maximum absolute atomic E-state index is 12.9. The number of methoxy groups -OCH3 is 2. The van der Waals surface area contributed by atoms with Crippen LogP contribution in [0.2, 0.25) is 0 Å². The number of carboxylic acid groups (broad SMARTS) is 1. The van der Waals surface area contributed by atoms with Crippen LogP contribution in [0.4, 0.5) is 11.4 Å². The summed E-state index contributed by atoms with van der Waals surface area (Å²) in [4.78, 5) is 25.7. The quantitative estimate of drug-likeness (QED) is 0.507. The fourth-order valence-corrected chi connectivity index (χ4v) is 4.93. The van der Waals surface area contributed by atoms with Crippen molar-refractivity contribution in [2.45, 2.75) is 24.7 Å². The molecule has 2 N–H and O–H groups in total. The summed E-state index contributed by atoms with van der Waals surface area (Å²) in [6.45, 7) is 3.05. The lowest BCUT2D eigenvalue weighted by Crippen LogP contribution is -2.37. The molecule has 3 rings (SSSR count). The molecule has 1 saturated heterocycles. The first kappa shape index (κ1) is 25.2. The highest BCUT2D eigenvalue weighted by molar-refractivity contribution is 7.92. The highest BCUT2D eigenvalue weighted by atomic mass is 32.2. The maximum atomic E-state index is 12.9. The number of carbonyl (C=O) groups excluding carboxylic acids is 1. The van der Waals surface area contributed by atoms with E-state index in [1.807, 2.05) is 4.90 Å². The van der Waals surface area contributed by atoms with E-state index in [0.29, 0.717) is 44.0 Å². The molecule has 34 heavy (non-hydrogen) atoms. The van der Waals surface area contributed by atoms with Gasteiger partial charge in [0.15, 0.2) is 11.5 Å². The van der Waals surface area contributed by atoms with Gasteiger partial charge in [-0.1, -0.05) is 0 Å². The predicted octanol–water partition coefficient (Wildman–Crippen LogP) is 2.98. The molecule has 184 valence electrons.